The van der Waals surface area contributed by atoms with Crippen molar-refractivity contribution in [3.05, 3.63) is 11.6 Å². The molecule has 11 heavy (non-hydrogen) atoms. The van der Waals surface area contributed by atoms with E-state index in [9.17, 15) is 0 Å². The van der Waals surface area contributed by atoms with Gasteiger partial charge in [-0.2, -0.15) is 0 Å². The van der Waals surface area contributed by atoms with Crippen molar-refractivity contribution in [1.82, 2.24) is 0 Å². The van der Waals surface area contributed by atoms with Gasteiger partial charge in [-0.1, -0.05) is 18.6 Å². The van der Waals surface area contributed by atoms with Gasteiger partial charge in [0, 0.05) is 6.61 Å². The van der Waals surface area contributed by atoms with Crippen LogP contribution in [-0.4, -0.2) is 11.7 Å². The smallest absolute Gasteiger partial charge is 0.0434 e. The van der Waals surface area contributed by atoms with Gasteiger partial charge in [0.1, 0.15) is 0 Å². The Morgan fingerprint density at radius 1 is 1.64 bits per heavy atom. The highest BCUT2D eigenvalue weighted by Crippen LogP contribution is 2.26. The lowest BCUT2D eigenvalue weighted by Gasteiger charge is -2.19. The summed E-state index contributed by atoms with van der Waals surface area (Å²) < 4.78 is 0. The fourth-order valence-electron chi connectivity index (χ4n) is 1.73. The minimum absolute atomic E-state index is 0.337. The van der Waals surface area contributed by atoms with Gasteiger partial charge in [0.25, 0.3) is 0 Å². The third-order valence-electron chi connectivity index (χ3n) is 2.50. The van der Waals surface area contributed by atoms with E-state index in [2.05, 4.69) is 13.0 Å². The van der Waals surface area contributed by atoms with Crippen LogP contribution in [0.1, 0.15) is 39.0 Å². The maximum absolute atomic E-state index is 8.66. The van der Waals surface area contributed by atoms with Gasteiger partial charge in [-0.15, -0.1) is 0 Å². The molecule has 1 N–H and O–H groups in total. The van der Waals surface area contributed by atoms with Crippen molar-refractivity contribution in [3.63, 3.8) is 0 Å². The summed E-state index contributed by atoms with van der Waals surface area (Å²) in [6.07, 6.45) is 8.36. The van der Waals surface area contributed by atoms with Gasteiger partial charge < -0.3 is 5.11 Å². The van der Waals surface area contributed by atoms with Crippen molar-refractivity contribution < 1.29 is 5.11 Å². The minimum atomic E-state index is 0.337. The summed E-state index contributed by atoms with van der Waals surface area (Å²) in [7, 11) is 0. The molecule has 0 saturated carbocycles. The molecule has 1 nitrogen and oxygen atoms in total. The highest BCUT2D eigenvalue weighted by molar-refractivity contribution is 5.08. The Balaban J connectivity index is 2.34. The van der Waals surface area contributed by atoms with Crippen LogP contribution in [0, 0.1) is 5.92 Å². The standard InChI is InChI=1S/C10H18O/c1-9-5-2-3-6-10(9)7-4-8-11/h6,9,11H,2-5,7-8H2,1H3. The Morgan fingerprint density at radius 3 is 3.09 bits per heavy atom. The van der Waals surface area contributed by atoms with E-state index in [1.807, 2.05) is 0 Å². The number of aliphatic hydroxyl groups is 1. The van der Waals surface area contributed by atoms with Crippen LogP contribution in [0.2, 0.25) is 0 Å². The third-order valence-corrected chi connectivity index (χ3v) is 2.50. The molecule has 0 aliphatic heterocycles. The highest BCUT2D eigenvalue weighted by atomic mass is 16.2. The molecule has 0 amide bonds. The number of allylic oxidation sites excluding steroid dienone is 2. The summed E-state index contributed by atoms with van der Waals surface area (Å²) >= 11 is 0. The van der Waals surface area contributed by atoms with Gasteiger partial charge in [0.05, 0.1) is 0 Å². The van der Waals surface area contributed by atoms with E-state index in [4.69, 9.17) is 5.11 Å². The van der Waals surface area contributed by atoms with E-state index in [0.717, 1.165) is 18.8 Å². The first-order chi connectivity index (χ1) is 5.34. The average Bonchev–Trinajstić information content (AvgIpc) is 2.03. The zero-order valence-corrected chi connectivity index (χ0v) is 7.34. The van der Waals surface area contributed by atoms with Crippen LogP contribution in [0.3, 0.4) is 0 Å². The van der Waals surface area contributed by atoms with Crippen molar-refractivity contribution in [2.45, 2.75) is 39.0 Å². The lowest BCUT2D eigenvalue weighted by Crippen LogP contribution is -2.04. The molecular weight excluding hydrogens is 136 g/mol. The molecular formula is C10H18O. The predicted octanol–water partition coefficient (Wildman–Crippen LogP) is 2.51. The SMILES string of the molecule is CC1CCCC=C1CCCO. The molecule has 1 unspecified atom stereocenters. The molecule has 1 heteroatoms. The molecule has 0 aromatic heterocycles. The van der Waals surface area contributed by atoms with Gasteiger partial charge in [0.2, 0.25) is 0 Å². The van der Waals surface area contributed by atoms with E-state index >= 15 is 0 Å². The second kappa shape index (κ2) is 4.55. The van der Waals surface area contributed by atoms with E-state index in [0.29, 0.717) is 6.61 Å². The van der Waals surface area contributed by atoms with Gasteiger partial charge >= 0.3 is 0 Å². The number of aliphatic hydroxyl groups excluding tert-OH is 1. The quantitative estimate of drug-likeness (QED) is 0.619. The van der Waals surface area contributed by atoms with Crippen LogP contribution in [0.4, 0.5) is 0 Å². The molecule has 0 fully saturated rings. The second-order valence-corrected chi connectivity index (χ2v) is 3.44. The van der Waals surface area contributed by atoms with Crippen molar-refractivity contribution >= 4 is 0 Å². The third kappa shape index (κ3) is 2.66. The molecule has 64 valence electrons. The van der Waals surface area contributed by atoms with E-state index in [1.54, 1.807) is 5.57 Å². The van der Waals surface area contributed by atoms with Crippen LogP contribution >= 0.6 is 0 Å². The van der Waals surface area contributed by atoms with Crippen LogP contribution < -0.4 is 0 Å². The maximum atomic E-state index is 8.66. The molecule has 1 rings (SSSR count). The zero-order valence-electron chi connectivity index (χ0n) is 7.34. The fourth-order valence-corrected chi connectivity index (χ4v) is 1.73. The van der Waals surface area contributed by atoms with Gasteiger partial charge in [0.15, 0.2) is 0 Å². The molecule has 1 aliphatic carbocycles. The van der Waals surface area contributed by atoms with Crippen LogP contribution in [0.15, 0.2) is 11.6 Å². The highest BCUT2D eigenvalue weighted by Gasteiger charge is 2.11. The maximum Gasteiger partial charge on any atom is 0.0434 e. The summed E-state index contributed by atoms with van der Waals surface area (Å²) in [5.74, 6) is 0.773. The molecule has 0 bridgehead atoms. The Bertz CT molecular complexity index is 138. The first-order valence-electron chi connectivity index (χ1n) is 4.64. The zero-order chi connectivity index (χ0) is 8.10. The normalized spacial score (nSPS) is 24.9. The predicted molar refractivity (Wildman–Crippen MR) is 47.4 cm³/mol. The number of rotatable bonds is 3. The molecule has 0 spiro atoms. The van der Waals surface area contributed by atoms with Crippen LogP contribution in [0.5, 0.6) is 0 Å². The second-order valence-electron chi connectivity index (χ2n) is 3.44. The van der Waals surface area contributed by atoms with Gasteiger partial charge in [-0.05, 0) is 38.0 Å². The Kier molecular flexibility index (Phi) is 3.64. The summed E-state index contributed by atoms with van der Waals surface area (Å²) in [5, 5.41) is 8.66. The van der Waals surface area contributed by atoms with E-state index in [-0.39, 0.29) is 0 Å². The van der Waals surface area contributed by atoms with Gasteiger partial charge in [-0.25, -0.2) is 0 Å². The van der Waals surface area contributed by atoms with Crippen LogP contribution in [-0.2, 0) is 0 Å². The van der Waals surface area contributed by atoms with Crippen molar-refractivity contribution in [3.8, 4) is 0 Å². The van der Waals surface area contributed by atoms with Crippen molar-refractivity contribution in [1.29, 1.82) is 0 Å². The molecule has 1 atom stereocenters. The molecule has 0 radical (unpaired) electrons. The fraction of sp³-hybridized carbons (Fsp3) is 0.800. The minimum Gasteiger partial charge on any atom is -0.396 e. The van der Waals surface area contributed by atoms with E-state index in [1.165, 1.54) is 19.3 Å². The summed E-state index contributed by atoms with van der Waals surface area (Å²) in [6.45, 7) is 2.63. The van der Waals surface area contributed by atoms with Crippen molar-refractivity contribution in [2.75, 3.05) is 6.61 Å². The summed E-state index contributed by atoms with van der Waals surface area (Å²) in [6, 6.07) is 0. The molecule has 0 aromatic rings. The van der Waals surface area contributed by atoms with Gasteiger partial charge in [-0.3, -0.25) is 0 Å². The molecule has 0 aromatic carbocycles. The molecule has 0 heterocycles. The number of hydrogen-bond donors (Lipinski definition) is 1. The van der Waals surface area contributed by atoms with Crippen LogP contribution in [0.25, 0.3) is 0 Å². The topological polar surface area (TPSA) is 20.2 Å². The first-order valence-corrected chi connectivity index (χ1v) is 4.64. The Hall–Kier alpha value is -0.300. The first kappa shape index (κ1) is 8.79. The lowest BCUT2D eigenvalue weighted by molar-refractivity contribution is 0.286. The molecule has 1 aliphatic rings. The van der Waals surface area contributed by atoms with E-state index < -0.39 is 0 Å². The monoisotopic (exact) mass is 154 g/mol. The average molecular weight is 154 g/mol. The largest absolute Gasteiger partial charge is 0.396 e. The number of hydrogen-bond acceptors (Lipinski definition) is 1. The van der Waals surface area contributed by atoms with Crippen molar-refractivity contribution in [2.24, 2.45) is 5.92 Å². The lowest BCUT2D eigenvalue weighted by atomic mass is 9.87. The summed E-state index contributed by atoms with van der Waals surface area (Å²) in [4.78, 5) is 0. The Morgan fingerprint density at radius 2 is 2.45 bits per heavy atom. The molecule has 0 saturated heterocycles. The Labute approximate surface area is 69.1 Å². The summed E-state index contributed by atoms with van der Waals surface area (Å²) in [5.41, 5.74) is 1.57.